The Morgan fingerprint density at radius 3 is 2.49 bits per heavy atom. The molecule has 1 atom stereocenters. The number of aromatic amines is 1. The van der Waals surface area contributed by atoms with Crippen LogP contribution in [0, 0.1) is 25.6 Å². The number of likely N-dealkylation sites (tertiary alicyclic amines) is 1. The van der Waals surface area contributed by atoms with Gasteiger partial charge in [-0.3, -0.25) is 19.3 Å². The van der Waals surface area contributed by atoms with Gasteiger partial charge in [0.1, 0.15) is 23.2 Å². The number of amides is 5. The van der Waals surface area contributed by atoms with Gasteiger partial charge < -0.3 is 20.1 Å². The number of urea groups is 1. The van der Waals surface area contributed by atoms with Gasteiger partial charge in [0.25, 0.3) is 11.8 Å². The zero-order valence-corrected chi connectivity index (χ0v) is 24.0. The van der Waals surface area contributed by atoms with Crippen molar-refractivity contribution in [3.8, 4) is 0 Å². The molecular weight excluding hydrogens is 527 g/mol. The monoisotopic (exact) mass is 562 g/mol. The summed E-state index contributed by atoms with van der Waals surface area (Å²) in [5.74, 6) is -1.35. The average Bonchev–Trinajstić information content (AvgIpc) is 3.39. The third-order valence-corrected chi connectivity index (χ3v) is 8.23. The minimum atomic E-state index is -1.07. The highest BCUT2D eigenvalue weighted by atomic mass is 19.1. The lowest BCUT2D eigenvalue weighted by molar-refractivity contribution is -0.142. The van der Waals surface area contributed by atoms with E-state index >= 15 is 0 Å². The number of aryl methyl sites for hydroxylation is 2. The summed E-state index contributed by atoms with van der Waals surface area (Å²) < 4.78 is 14.3. The first-order chi connectivity index (χ1) is 19.4. The fourth-order valence-electron chi connectivity index (χ4n) is 5.89. The molecule has 11 heteroatoms. The van der Waals surface area contributed by atoms with Crippen LogP contribution in [0.5, 0.6) is 0 Å². The van der Waals surface area contributed by atoms with E-state index in [2.05, 4.69) is 15.3 Å². The van der Waals surface area contributed by atoms with E-state index in [0.717, 1.165) is 32.9 Å². The summed E-state index contributed by atoms with van der Waals surface area (Å²) in [5, 5.41) is 2.72. The molecule has 10 nitrogen and oxygen atoms in total. The van der Waals surface area contributed by atoms with Crippen LogP contribution in [0.25, 0.3) is 11.0 Å². The summed E-state index contributed by atoms with van der Waals surface area (Å²) in [5.41, 5.74) is 2.09. The molecule has 2 aliphatic heterocycles. The van der Waals surface area contributed by atoms with Gasteiger partial charge >= 0.3 is 6.03 Å². The van der Waals surface area contributed by atoms with Crippen molar-refractivity contribution in [2.45, 2.75) is 58.7 Å². The van der Waals surface area contributed by atoms with Gasteiger partial charge in [0, 0.05) is 26.7 Å². The molecule has 0 radical (unpaired) electrons. The Morgan fingerprint density at radius 2 is 1.80 bits per heavy atom. The molecule has 2 saturated heterocycles. The number of halogens is 1. The molecule has 0 saturated carbocycles. The molecular formula is C30H35FN6O4. The summed E-state index contributed by atoms with van der Waals surface area (Å²) in [4.78, 5) is 65.2. The number of rotatable bonds is 6. The van der Waals surface area contributed by atoms with Gasteiger partial charge in [-0.2, -0.15) is 0 Å². The number of aromatic nitrogens is 2. The van der Waals surface area contributed by atoms with E-state index in [1.807, 2.05) is 39.0 Å². The topological polar surface area (TPSA) is 119 Å². The van der Waals surface area contributed by atoms with Gasteiger partial charge in [0.2, 0.25) is 5.91 Å². The van der Waals surface area contributed by atoms with Gasteiger partial charge in [-0.05, 0) is 62.4 Å². The van der Waals surface area contributed by atoms with E-state index in [1.165, 1.54) is 19.2 Å². The Morgan fingerprint density at radius 1 is 1.10 bits per heavy atom. The lowest BCUT2D eigenvalue weighted by atomic mass is 9.85. The number of nitrogens with zero attached hydrogens (tertiary/aromatic N) is 4. The first kappa shape index (κ1) is 28.3. The Bertz CT molecular complexity index is 1540. The molecule has 2 aliphatic rings. The Kier molecular flexibility index (Phi) is 7.31. The number of carbonyl (C=O) groups is 4. The second-order valence-corrected chi connectivity index (χ2v) is 11.4. The van der Waals surface area contributed by atoms with E-state index in [4.69, 9.17) is 0 Å². The summed E-state index contributed by atoms with van der Waals surface area (Å²) in [6.45, 7) is 7.97. The van der Waals surface area contributed by atoms with E-state index < -0.39 is 23.3 Å². The number of likely N-dealkylation sites (N-methyl/N-ethyl adjacent to an activating group) is 1. The second kappa shape index (κ2) is 10.6. The largest absolute Gasteiger partial charge is 0.342 e. The fourth-order valence-corrected chi connectivity index (χ4v) is 5.89. The lowest BCUT2D eigenvalue weighted by Crippen LogP contribution is -2.60. The molecule has 3 heterocycles. The Labute approximate surface area is 237 Å². The third-order valence-electron chi connectivity index (χ3n) is 8.23. The number of fused-ring (bicyclic) bond motifs is 1. The molecule has 5 rings (SSSR count). The van der Waals surface area contributed by atoms with E-state index in [0.29, 0.717) is 0 Å². The summed E-state index contributed by atoms with van der Waals surface area (Å²) in [6, 6.07) is 8.74. The molecule has 0 unspecified atom stereocenters. The predicted octanol–water partition coefficient (Wildman–Crippen LogP) is 3.53. The molecule has 2 N–H and O–H groups in total. The molecule has 1 spiro atoms. The number of hydrogen-bond acceptors (Lipinski definition) is 5. The van der Waals surface area contributed by atoms with E-state index in [1.54, 1.807) is 22.8 Å². The van der Waals surface area contributed by atoms with E-state index in [-0.39, 0.29) is 61.8 Å². The zero-order valence-electron chi connectivity index (χ0n) is 24.0. The lowest BCUT2D eigenvalue weighted by Gasteiger charge is -2.43. The van der Waals surface area contributed by atoms with Crippen LogP contribution in [-0.4, -0.2) is 80.1 Å². The maximum absolute atomic E-state index is 14.3. The molecule has 5 amide bonds. The summed E-state index contributed by atoms with van der Waals surface area (Å²) >= 11 is 0. The van der Waals surface area contributed by atoms with Crippen LogP contribution in [0.15, 0.2) is 36.4 Å². The molecule has 2 fully saturated rings. The van der Waals surface area contributed by atoms with Crippen LogP contribution >= 0.6 is 0 Å². The van der Waals surface area contributed by atoms with Gasteiger partial charge in [0.05, 0.1) is 16.6 Å². The van der Waals surface area contributed by atoms with Crippen LogP contribution in [0.2, 0.25) is 0 Å². The zero-order chi connectivity index (χ0) is 29.6. The first-order valence-electron chi connectivity index (χ1n) is 13.8. The normalized spacial score (nSPS) is 17.7. The number of hydrogen-bond donors (Lipinski definition) is 2. The minimum absolute atomic E-state index is 0.113. The molecule has 0 bridgehead atoms. The quantitative estimate of drug-likeness (QED) is 0.446. The van der Waals surface area contributed by atoms with Gasteiger partial charge in [-0.1, -0.05) is 31.5 Å². The van der Waals surface area contributed by atoms with Gasteiger partial charge in [-0.15, -0.1) is 0 Å². The number of imide groups is 1. The summed E-state index contributed by atoms with van der Waals surface area (Å²) in [6.07, 6.45) is 0.536. The fraction of sp³-hybridized carbons (Fsp3) is 0.433. The van der Waals surface area contributed by atoms with Crippen molar-refractivity contribution in [1.29, 1.82) is 0 Å². The standard InChI is InChI=1S/C30H35FN6O4/c1-17(2)25(34-26(38)21-14-18(3)6-8-22(21)31)27(39)36-12-10-30(11-13-36)28(40)35(5)29(41)37(30)16-20-7-9-23-24(15-20)33-19(4)32-23/h6-9,14-15,17,25H,10-13,16H2,1-5H3,(H,32,33)(H,34,38)/t25-/m1/s1. The van der Waals surface area contributed by atoms with Crippen molar-refractivity contribution >= 4 is 34.8 Å². The average molecular weight is 563 g/mol. The van der Waals surface area contributed by atoms with Gasteiger partial charge in [-0.25, -0.2) is 14.2 Å². The molecule has 0 aliphatic carbocycles. The predicted molar refractivity (Wildman–Crippen MR) is 150 cm³/mol. The maximum Gasteiger partial charge on any atom is 0.327 e. The SMILES string of the molecule is Cc1ccc(F)c(C(=O)N[C@@H](C(=O)N2CCC3(CC2)C(=O)N(C)C(=O)N3Cc2ccc3nc(C)[nH]c3c2)C(C)C)c1. The highest BCUT2D eigenvalue weighted by molar-refractivity contribution is 6.07. The first-order valence-corrected chi connectivity index (χ1v) is 13.8. The molecule has 216 valence electrons. The van der Waals surface area contributed by atoms with Crippen molar-refractivity contribution in [1.82, 2.24) is 30.0 Å². The number of piperidine rings is 1. The summed E-state index contributed by atoms with van der Waals surface area (Å²) in [7, 11) is 1.49. The highest BCUT2D eigenvalue weighted by Gasteiger charge is 2.57. The number of benzene rings is 2. The maximum atomic E-state index is 14.3. The Hall–Kier alpha value is -4.28. The van der Waals surface area contributed by atoms with Crippen LogP contribution in [0.3, 0.4) is 0 Å². The molecule has 41 heavy (non-hydrogen) atoms. The van der Waals surface area contributed by atoms with Crippen molar-refractivity contribution < 1.29 is 23.6 Å². The smallest absolute Gasteiger partial charge is 0.327 e. The van der Waals surface area contributed by atoms with Crippen molar-refractivity contribution in [2.75, 3.05) is 20.1 Å². The van der Waals surface area contributed by atoms with E-state index in [9.17, 15) is 23.6 Å². The van der Waals surface area contributed by atoms with Crippen LogP contribution in [0.4, 0.5) is 9.18 Å². The van der Waals surface area contributed by atoms with Crippen LogP contribution < -0.4 is 5.32 Å². The number of nitrogens with one attached hydrogen (secondary N) is 2. The van der Waals surface area contributed by atoms with Crippen molar-refractivity contribution in [3.63, 3.8) is 0 Å². The minimum Gasteiger partial charge on any atom is -0.342 e. The molecule has 3 aromatic rings. The van der Waals surface area contributed by atoms with Gasteiger partial charge in [0.15, 0.2) is 0 Å². The van der Waals surface area contributed by atoms with Crippen LogP contribution in [0.1, 0.15) is 54.0 Å². The molecule has 2 aromatic carbocycles. The highest BCUT2D eigenvalue weighted by Crippen LogP contribution is 2.38. The Balaban J connectivity index is 1.32. The van der Waals surface area contributed by atoms with Crippen LogP contribution in [-0.2, 0) is 16.1 Å². The molecule has 1 aromatic heterocycles. The number of imidazole rings is 1. The number of carbonyl (C=O) groups excluding carboxylic acids is 4. The second-order valence-electron chi connectivity index (χ2n) is 11.4. The van der Waals surface area contributed by atoms with Crippen molar-refractivity contribution in [3.05, 3.63) is 64.7 Å². The third kappa shape index (κ3) is 5.05. The number of H-pyrrole nitrogens is 1. The van der Waals surface area contributed by atoms with Crippen molar-refractivity contribution in [2.24, 2.45) is 5.92 Å².